The van der Waals surface area contributed by atoms with Crippen LogP contribution in [-0.4, -0.2) is 42.5 Å². The second-order valence-electron chi connectivity index (χ2n) is 6.55. The summed E-state index contributed by atoms with van der Waals surface area (Å²) in [4.78, 5) is 29.6. The third-order valence-corrected chi connectivity index (χ3v) is 6.53. The number of aryl methyl sites for hydroxylation is 2. The van der Waals surface area contributed by atoms with Gasteiger partial charge in [0.2, 0.25) is 4.87 Å². The zero-order valence-corrected chi connectivity index (χ0v) is 16.3. The lowest BCUT2D eigenvalue weighted by atomic mass is 9.79. The number of benzene rings is 1. The number of nitrogens with zero attached hydrogens (tertiary/aromatic N) is 1. The summed E-state index contributed by atoms with van der Waals surface area (Å²) in [6.45, 7) is 4.98. The van der Waals surface area contributed by atoms with Gasteiger partial charge in [0.25, 0.3) is 5.91 Å². The maximum absolute atomic E-state index is 13.3. The zero-order chi connectivity index (χ0) is 17.7. The van der Waals surface area contributed by atoms with Gasteiger partial charge >= 0.3 is 0 Å². The highest BCUT2D eigenvalue weighted by atomic mass is 79.9. The third kappa shape index (κ3) is 2.51. The molecule has 1 spiro atoms. The average Bonchev–Trinajstić information content (AvgIpc) is 2.74. The maximum atomic E-state index is 13.3. The Bertz CT molecular complexity index is 716. The van der Waals surface area contributed by atoms with Crippen LogP contribution in [0.2, 0.25) is 0 Å². The molecule has 2 aliphatic rings. The molecule has 3 rings (SSSR count). The predicted molar refractivity (Wildman–Crippen MR) is 94.8 cm³/mol. The molecule has 130 valence electrons. The van der Waals surface area contributed by atoms with Crippen LogP contribution in [0.4, 0.5) is 0 Å². The Morgan fingerprint density at radius 1 is 1.21 bits per heavy atom. The second kappa shape index (κ2) is 6.09. The molecule has 0 aliphatic carbocycles. The molecule has 24 heavy (non-hydrogen) atoms. The first-order valence-corrected chi connectivity index (χ1v) is 9.04. The fourth-order valence-corrected chi connectivity index (χ4v) is 4.41. The summed E-state index contributed by atoms with van der Waals surface area (Å²) < 4.78 is 0.832. The van der Waals surface area contributed by atoms with Gasteiger partial charge in [-0.15, -0.1) is 0 Å². The van der Waals surface area contributed by atoms with E-state index >= 15 is 0 Å². The van der Waals surface area contributed by atoms with E-state index in [1.54, 1.807) is 18.2 Å². The van der Waals surface area contributed by atoms with Gasteiger partial charge in [0, 0.05) is 17.6 Å². The van der Waals surface area contributed by atoms with Gasteiger partial charge in [-0.05, 0) is 49.4 Å². The molecule has 0 radical (unpaired) electrons. The summed E-state index contributed by atoms with van der Waals surface area (Å²) in [6, 6.07) is 3.72. The number of piperidine rings is 1. The average molecular weight is 416 g/mol. The molecule has 1 aromatic carbocycles. The highest BCUT2D eigenvalue weighted by Crippen LogP contribution is 2.45. The molecule has 1 amide bonds. The second-order valence-corrected chi connectivity index (χ2v) is 7.97. The first kappa shape index (κ1) is 17.9. The number of rotatable bonds is 2. The maximum Gasteiger partial charge on any atom is 0.254 e. The van der Waals surface area contributed by atoms with E-state index in [0.29, 0.717) is 31.5 Å². The lowest BCUT2D eigenvalue weighted by molar-refractivity contribution is -0.157. The highest BCUT2D eigenvalue weighted by molar-refractivity contribution is 9.10. The van der Waals surface area contributed by atoms with Gasteiger partial charge in [0.05, 0.1) is 7.11 Å². The lowest BCUT2D eigenvalue weighted by Crippen LogP contribution is -2.54. The van der Waals surface area contributed by atoms with E-state index in [9.17, 15) is 9.59 Å². The Balaban J connectivity index is 2.01. The number of carbonyl (C=O) groups is 2. The van der Waals surface area contributed by atoms with Crippen molar-refractivity contribution < 1.29 is 14.4 Å². The molecule has 7 heteroatoms. The molecule has 0 bridgehead atoms. The normalized spacial score (nSPS) is 26.9. The fourth-order valence-electron chi connectivity index (χ4n) is 3.64. The minimum Gasteiger partial charge on any atom is -0.341 e. The van der Waals surface area contributed by atoms with Crippen LogP contribution in [0, 0.1) is 13.8 Å². The van der Waals surface area contributed by atoms with Crippen LogP contribution in [0.25, 0.3) is 0 Å². The largest absolute Gasteiger partial charge is 0.341 e. The van der Waals surface area contributed by atoms with Gasteiger partial charge in [-0.1, -0.05) is 33.6 Å². The van der Waals surface area contributed by atoms with Crippen molar-refractivity contribution in [3.05, 3.63) is 33.3 Å². The van der Waals surface area contributed by atoms with Crippen molar-refractivity contribution >= 4 is 39.2 Å². The van der Waals surface area contributed by atoms with Crippen LogP contribution in [0.5, 0.6) is 0 Å². The molecule has 2 aliphatic heterocycles. The van der Waals surface area contributed by atoms with Crippen molar-refractivity contribution in [3.8, 4) is 0 Å². The van der Waals surface area contributed by atoms with E-state index in [1.807, 2.05) is 19.9 Å². The zero-order valence-electron chi connectivity index (χ0n) is 13.9. The number of carbonyl (C=O) groups excluding carboxylic acids is 2. The topological polar surface area (TPSA) is 58.6 Å². The van der Waals surface area contributed by atoms with Gasteiger partial charge < -0.3 is 10.2 Å². The molecule has 1 N–H and O–H groups in total. The standard InChI is InChI=1S/C17H20BrClN2O3/c1-10-8-11(2)13(18)9-12(10)17(19)14(22)16(20-15(17)23)4-6-21(24-3)7-5-16/h8-9H,4-7H2,1-3H3,(H,20,23). The Morgan fingerprint density at radius 2 is 1.83 bits per heavy atom. The number of halogens is 2. The van der Waals surface area contributed by atoms with E-state index < -0.39 is 16.3 Å². The van der Waals surface area contributed by atoms with Crippen LogP contribution >= 0.6 is 27.5 Å². The molecule has 5 nitrogen and oxygen atoms in total. The molecular formula is C17H20BrClN2O3. The van der Waals surface area contributed by atoms with Gasteiger partial charge in [-0.3, -0.25) is 9.59 Å². The number of hydrogen-bond donors (Lipinski definition) is 1. The SMILES string of the molecule is CON1CCC2(CC1)NC(=O)C(Cl)(c1cc(Br)c(C)cc1C)C2=O. The van der Waals surface area contributed by atoms with Gasteiger partial charge in [-0.2, -0.15) is 5.06 Å². The number of nitrogens with one attached hydrogen (secondary N) is 1. The monoisotopic (exact) mass is 414 g/mol. The Hall–Kier alpha value is -0.950. The van der Waals surface area contributed by atoms with Gasteiger partial charge in [-0.25, -0.2) is 0 Å². The van der Waals surface area contributed by atoms with E-state index in [0.717, 1.165) is 15.6 Å². The highest BCUT2D eigenvalue weighted by Gasteiger charge is 2.63. The van der Waals surface area contributed by atoms with Crippen molar-refractivity contribution in [3.63, 3.8) is 0 Å². The Morgan fingerprint density at radius 3 is 2.42 bits per heavy atom. The summed E-state index contributed by atoms with van der Waals surface area (Å²) in [5.41, 5.74) is 1.51. The predicted octanol–water partition coefficient (Wildman–Crippen LogP) is 2.59. The number of hydroxylamine groups is 2. The number of ketones is 1. The summed E-state index contributed by atoms with van der Waals surface area (Å²) >= 11 is 10.2. The molecular weight excluding hydrogens is 396 g/mol. The van der Waals surface area contributed by atoms with Crippen LogP contribution in [-0.2, 0) is 19.3 Å². The van der Waals surface area contributed by atoms with E-state index in [4.69, 9.17) is 16.4 Å². The van der Waals surface area contributed by atoms with Crippen LogP contribution < -0.4 is 5.32 Å². The summed E-state index contributed by atoms with van der Waals surface area (Å²) in [5.74, 6) is -0.685. The lowest BCUT2D eigenvalue weighted by Gasteiger charge is -2.37. The Labute approximate surface area is 154 Å². The smallest absolute Gasteiger partial charge is 0.254 e. The van der Waals surface area contributed by atoms with Gasteiger partial charge in [0.15, 0.2) is 5.78 Å². The molecule has 0 aromatic heterocycles. The van der Waals surface area contributed by atoms with E-state index in [2.05, 4.69) is 21.2 Å². The molecule has 1 unspecified atom stereocenters. The summed E-state index contributed by atoms with van der Waals surface area (Å²) in [6.07, 6.45) is 0.984. The molecule has 1 aromatic rings. The first-order valence-electron chi connectivity index (χ1n) is 7.87. The van der Waals surface area contributed by atoms with Crippen LogP contribution in [0.3, 0.4) is 0 Å². The molecule has 2 heterocycles. The fraction of sp³-hybridized carbons (Fsp3) is 0.529. The van der Waals surface area contributed by atoms with Crippen molar-refractivity contribution in [2.45, 2.75) is 37.1 Å². The number of alkyl halides is 1. The van der Waals surface area contributed by atoms with E-state index in [-0.39, 0.29) is 5.78 Å². The summed E-state index contributed by atoms with van der Waals surface area (Å²) in [5, 5.41) is 4.68. The van der Waals surface area contributed by atoms with Crippen LogP contribution in [0.1, 0.15) is 29.5 Å². The molecule has 0 saturated carbocycles. The quantitative estimate of drug-likeness (QED) is 0.596. The number of Topliss-reactive ketones (excluding diaryl/α,β-unsaturated/α-hetero) is 1. The molecule has 2 saturated heterocycles. The third-order valence-electron chi connectivity index (χ3n) is 5.12. The van der Waals surface area contributed by atoms with Crippen molar-refractivity contribution in [1.82, 2.24) is 10.4 Å². The van der Waals surface area contributed by atoms with Gasteiger partial charge in [0.1, 0.15) is 5.54 Å². The minimum absolute atomic E-state index is 0.253. The van der Waals surface area contributed by atoms with Crippen molar-refractivity contribution in [2.75, 3.05) is 20.2 Å². The number of amides is 1. The van der Waals surface area contributed by atoms with Crippen molar-refractivity contribution in [2.24, 2.45) is 0 Å². The Kier molecular flexibility index (Phi) is 4.53. The number of hydrogen-bond acceptors (Lipinski definition) is 4. The molecule has 1 atom stereocenters. The minimum atomic E-state index is -1.67. The van der Waals surface area contributed by atoms with Crippen LogP contribution in [0.15, 0.2) is 16.6 Å². The first-order chi connectivity index (χ1) is 11.2. The summed E-state index contributed by atoms with van der Waals surface area (Å²) in [7, 11) is 1.60. The van der Waals surface area contributed by atoms with E-state index in [1.165, 1.54) is 0 Å². The van der Waals surface area contributed by atoms with Crippen molar-refractivity contribution in [1.29, 1.82) is 0 Å². The molecule has 2 fully saturated rings.